The molecule has 1 amide bonds. The molecule has 6 nitrogen and oxygen atoms in total. The Morgan fingerprint density at radius 2 is 2.38 bits per heavy atom. The molecule has 0 aliphatic heterocycles. The molecule has 1 saturated carbocycles. The lowest BCUT2D eigenvalue weighted by atomic mass is 10.4. The molecule has 0 bridgehead atoms. The zero-order valence-electron chi connectivity index (χ0n) is 11.9. The molecule has 2 aromatic heterocycles. The van der Waals surface area contributed by atoms with Crippen molar-refractivity contribution >= 4 is 27.5 Å². The van der Waals surface area contributed by atoms with Gasteiger partial charge in [-0.1, -0.05) is 0 Å². The van der Waals surface area contributed by atoms with Gasteiger partial charge < -0.3 is 15.2 Å². The third kappa shape index (κ3) is 3.48. The molecule has 0 aromatic carbocycles. The van der Waals surface area contributed by atoms with Crippen LogP contribution in [0.15, 0.2) is 16.2 Å². The molecule has 2 aromatic rings. The number of nitrogens with zero attached hydrogens (tertiary/aromatic N) is 2. The van der Waals surface area contributed by atoms with Crippen LogP contribution in [-0.2, 0) is 11.3 Å². The van der Waals surface area contributed by atoms with Gasteiger partial charge in [0.05, 0.1) is 18.6 Å². The molecule has 0 radical (unpaired) electrons. The molecular formula is C14H18N4O2S. The van der Waals surface area contributed by atoms with Crippen LogP contribution < -0.4 is 10.9 Å². The van der Waals surface area contributed by atoms with Crippen LogP contribution >= 0.6 is 11.3 Å². The third-order valence-electron chi connectivity index (χ3n) is 3.58. The Morgan fingerprint density at radius 3 is 3.14 bits per heavy atom. The normalized spacial score (nSPS) is 14.5. The van der Waals surface area contributed by atoms with Crippen LogP contribution in [0.4, 0.5) is 0 Å². The lowest BCUT2D eigenvalue weighted by molar-refractivity contribution is -0.129. The highest BCUT2D eigenvalue weighted by atomic mass is 32.1. The number of aromatic amines is 1. The van der Waals surface area contributed by atoms with E-state index in [1.54, 1.807) is 11.9 Å². The molecule has 7 heteroatoms. The number of likely N-dealkylation sites (N-methyl/N-ethyl adjacent to an activating group) is 1. The summed E-state index contributed by atoms with van der Waals surface area (Å²) >= 11 is 1.37. The number of rotatable bonds is 6. The van der Waals surface area contributed by atoms with Crippen molar-refractivity contribution < 1.29 is 4.79 Å². The summed E-state index contributed by atoms with van der Waals surface area (Å²) in [6, 6.07) is 1.82. The van der Waals surface area contributed by atoms with E-state index >= 15 is 0 Å². The summed E-state index contributed by atoms with van der Waals surface area (Å²) in [7, 11) is 1.72. The van der Waals surface area contributed by atoms with Crippen molar-refractivity contribution in [1.82, 2.24) is 20.2 Å². The van der Waals surface area contributed by atoms with Crippen LogP contribution in [0.25, 0.3) is 10.2 Å². The van der Waals surface area contributed by atoms with Crippen LogP contribution in [0.5, 0.6) is 0 Å². The van der Waals surface area contributed by atoms with Crippen molar-refractivity contribution in [3.63, 3.8) is 0 Å². The van der Waals surface area contributed by atoms with Crippen molar-refractivity contribution in [3.8, 4) is 0 Å². The molecule has 3 rings (SSSR count). The molecule has 1 aliphatic rings. The van der Waals surface area contributed by atoms with Crippen molar-refractivity contribution in [1.29, 1.82) is 0 Å². The van der Waals surface area contributed by atoms with Crippen LogP contribution in [0, 0.1) is 5.92 Å². The predicted octanol–water partition coefficient (Wildman–Crippen LogP) is 0.943. The Balaban J connectivity index is 1.60. The fraction of sp³-hybridized carbons (Fsp3) is 0.500. The van der Waals surface area contributed by atoms with Gasteiger partial charge in [-0.15, -0.1) is 11.3 Å². The zero-order valence-corrected chi connectivity index (χ0v) is 12.7. The number of hydrogen-bond donors (Lipinski definition) is 2. The zero-order chi connectivity index (χ0) is 14.8. The number of thiophene rings is 1. The molecule has 1 aliphatic carbocycles. The third-order valence-corrected chi connectivity index (χ3v) is 4.49. The molecule has 21 heavy (non-hydrogen) atoms. The van der Waals surface area contributed by atoms with Crippen LogP contribution in [-0.4, -0.2) is 40.9 Å². The van der Waals surface area contributed by atoms with Gasteiger partial charge in [0.25, 0.3) is 5.56 Å². The van der Waals surface area contributed by atoms with E-state index in [4.69, 9.17) is 0 Å². The Labute approximate surface area is 126 Å². The van der Waals surface area contributed by atoms with Gasteiger partial charge in [0, 0.05) is 7.05 Å². The largest absolute Gasteiger partial charge is 0.337 e. The molecular weight excluding hydrogens is 288 g/mol. The molecule has 0 spiro atoms. The predicted molar refractivity (Wildman–Crippen MR) is 82.3 cm³/mol. The molecule has 2 heterocycles. The fourth-order valence-electron chi connectivity index (χ4n) is 2.15. The number of fused-ring (bicyclic) bond motifs is 1. The summed E-state index contributed by atoms with van der Waals surface area (Å²) in [4.78, 5) is 32.6. The highest BCUT2D eigenvalue weighted by Crippen LogP contribution is 2.27. The first-order valence-corrected chi connectivity index (χ1v) is 7.92. The van der Waals surface area contributed by atoms with Crippen LogP contribution in [0.2, 0.25) is 0 Å². The number of aromatic nitrogens is 2. The maximum atomic E-state index is 12.0. The van der Waals surface area contributed by atoms with Crippen molar-refractivity contribution in [2.75, 3.05) is 20.1 Å². The minimum absolute atomic E-state index is 0.00344. The first-order valence-electron chi connectivity index (χ1n) is 7.04. The lowest BCUT2D eigenvalue weighted by Gasteiger charge is -2.16. The van der Waals surface area contributed by atoms with Gasteiger partial charge in [-0.05, 0) is 36.8 Å². The first kappa shape index (κ1) is 14.2. The number of H-pyrrole nitrogens is 1. The van der Waals surface area contributed by atoms with E-state index < -0.39 is 0 Å². The highest BCUT2D eigenvalue weighted by molar-refractivity contribution is 7.17. The second-order valence-corrected chi connectivity index (χ2v) is 6.39. The first-order chi connectivity index (χ1) is 10.1. The van der Waals surface area contributed by atoms with Gasteiger partial charge in [-0.25, -0.2) is 4.98 Å². The van der Waals surface area contributed by atoms with Gasteiger partial charge in [0.1, 0.15) is 10.5 Å². The summed E-state index contributed by atoms with van der Waals surface area (Å²) in [6.07, 6.45) is 2.53. The highest BCUT2D eigenvalue weighted by Gasteiger charge is 2.21. The topological polar surface area (TPSA) is 78.1 Å². The summed E-state index contributed by atoms with van der Waals surface area (Å²) < 4.78 is 0.624. The van der Waals surface area contributed by atoms with Crippen LogP contribution in [0.1, 0.15) is 18.7 Å². The van der Waals surface area contributed by atoms with E-state index in [1.165, 1.54) is 24.2 Å². The molecule has 112 valence electrons. The number of carbonyl (C=O) groups excluding carboxylic acids is 1. The standard InChI is InChI=1S/C14H18N4O2S/c1-18(12(19)7-15-6-9-2-3-9)8-11-16-10-4-5-21-13(10)14(20)17-11/h4-5,9,15H,2-3,6-8H2,1H3,(H,16,17,20). The van der Waals surface area contributed by atoms with E-state index in [0.717, 1.165) is 12.5 Å². The average molecular weight is 306 g/mol. The molecule has 2 N–H and O–H groups in total. The van der Waals surface area contributed by atoms with Gasteiger partial charge in [0.2, 0.25) is 5.91 Å². The number of carbonyl (C=O) groups is 1. The summed E-state index contributed by atoms with van der Waals surface area (Å²) in [5, 5.41) is 5.01. The molecule has 0 saturated heterocycles. The average Bonchev–Trinajstić information content (AvgIpc) is 3.14. The number of hydrogen-bond acceptors (Lipinski definition) is 5. The summed E-state index contributed by atoms with van der Waals surface area (Å²) in [6.45, 7) is 1.55. The minimum Gasteiger partial charge on any atom is -0.337 e. The van der Waals surface area contributed by atoms with Crippen molar-refractivity contribution in [2.24, 2.45) is 5.92 Å². The summed E-state index contributed by atoms with van der Waals surface area (Å²) in [5.74, 6) is 1.27. The number of nitrogens with one attached hydrogen (secondary N) is 2. The molecule has 1 fully saturated rings. The molecule has 0 atom stereocenters. The molecule has 0 unspecified atom stereocenters. The van der Waals surface area contributed by atoms with Gasteiger partial charge in [-0.3, -0.25) is 9.59 Å². The Kier molecular flexibility index (Phi) is 4.03. The SMILES string of the molecule is CN(Cc1nc2ccsc2c(=O)[nH]1)C(=O)CNCC1CC1. The lowest BCUT2D eigenvalue weighted by Crippen LogP contribution is -2.36. The fourth-order valence-corrected chi connectivity index (χ4v) is 2.88. The van der Waals surface area contributed by atoms with E-state index in [1.807, 2.05) is 11.4 Å². The quantitative estimate of drug-likeness (QED) is 0.833. The second-order valence-electron chi connectivity index (χ2n) is 5.47. The van der Waals surface area contributed by atoms with Gasteiger partial charge >= 0.3 is 0 Å². The van der Waals surface area contributed by atoms with E-state index in [0.29, 0.717) is 29.1 Å². The summed E-state index contributed by atoms with van der Waals surface area (Å²) in [5.41, 5.74) is 0.546. The second kappa shape index (κ2) is 5.95. The Hall–Kier alpha value is -1.73. The minimum atomic E-state index is -0.141. The number of amides is 1. The smallest absolute Gasteiger partial charge is 0.268 e. The van der Waals surface area contributed by atoms with E-state index in [9.17, 15) is 9.59 Å². The maximum Gasteiger partial charge on any atom is 0.268 e. The van der Waals surface area contributed by atoms with Gasteiger partial charge in [0.15, 0.2) is 0 Å². The van der Waals surface area contributed by atoms with E-state index in [-0.39, 0.29) is 11.5 Å². The monoisotopic (exact) mass is 306 g/mol. The Morgan fingerprint density at radius 1 is 1.57 bits per heavy atom. The maximum absolute atomic E-state index is 12.0. The van der Waals surface area contributed by atoms with Gasteiger partial charge in [-0.2, -0.15) is 0 Å². The van der Waals surface area contributed by atoms with Crippen molar-refractivity contribution in [2.45, 2.75) is 19.4 Å². The Bertz CT molecular complexity index is 704. The van der Waals surface area contributed by atoms with Crippen LogP contribution in [0.3, 0.4) is 0 Å². The van der Waals surface area contributed by atoms with E-state index in [2.05, 4.69) is 15.3 Å². The van der Waals surface area contributed by atoms with Crippen molar-refractivity contribution in [3.05, 3.63) is 27.6 Å².